The lowest BCUT2D eigenvalue weighted by atomic mass is 10.0. The highest BCUT2D eigenvalue weighted by atomic mass is 16.6. The molecule has 0 aliphatic rings. The first kappa shape index (κ1) is 19.3. The predicted octanol–water partition coefficient (Wildman–Crippen LogP) is 2.30. The molecule has 2 aromatic heterocycles. The van der Waals surface area contributed by atoms with Crippen molar-refractivity contribution in [2.24, 2.45) is 7.05 Å². The minimum atomic E-state index is -0.655. The van der Waals surface area contributed by atoms with E-state index in [1.165, 1.54) is 10.7 Å². The first-order valence-corrected chi connectivity index (χ1v) is 8.84. The van der Waals surface area contributed by atoms with Crippen LogP contribution in [-0.4, -0.2) is 31.3 Å². The Labute approximate surface area is 162 Å². The summed E-state index contributed by atoms with van der Waals surface area (Å²) in [5.41, 5.74) is 7.30. The van der Waals surface area contributed by atoms with E-state index in [2.05, 4.69) is 15.1 Å². The molecule has 0 spiro atoms. The fourth-order valence-corrected chi connectivity index (χ4v) is 2.92. The molecule has 8 heteroatoms. The highest BCUT2D eigenvalue weighted by Crippen LogP contribution is 2.27. The molecule has 1 aromatic carbocycles. The lowest BCUT2D eigenvalue weighted by Crippen LogP contribution is -2.26. The van der Waals surface area contributed by atoms with E-state index in [4.69, 9.17) is 10.5 Å². The van der Waals surface area contributed by atoms with Crippen molar-refractivity contribution in [1.29, 1.82) is 0 Å². The Balaban J connectivity index is 2.18. The molecule has 0 saturated carbocycles. The summed E-state index contributed by atoms with van der Waals surface area (Å²) in [4.78, 5) is 31.3. The van der Waals surface area contributed by atoms with Crippen molar-refractivity contribution in [3.05, 3.63) is 63.6 Å². The first-order valence-electron chi connectivity index (χ1n) is 8.84. The molecule has 0 aliphatic heterocycles. The zero-order valence-corrected chi connectivity index (χ0v) is 16.3. The number of aromatic amines is 1. The van der Waals surface area contributed by atoms with Gasteiger partial charge in [-0.05, 0) is 26.3 Å². The van der Waals surface area contributed by atoms with Gasteiger partial charge in [-0.1, -0.05) is 30.3 Å². The molecule has 0 atom stereocenters. The quantitative estimate of drug-likeness (QED) is 0.670. The SMILES string of the molecule is Cn1nc(-c2cc(=O)[nH]c(N)n2)c(Cc2ccccc2)c1C(=O)OC(C)(C)C. The number of nitrogens with two attached hydrogens (primary N) is 1. The van der Waals surface area contributed by atoms with Crippen molar-refractivity contribution in [2.45, 2.75) is 32.8 Å². The highest BCUT2D eigenvalue weighted by molar-refractivity contribution is 5.91. The summed E-state index contributed by atoms with van der Waals surface area (Å²) in [6.07, 6.45) is 0.424. The van der Waals surface area contributed by atoms with Crippen LogP contribution in [0.5, 0.6) is 0 Å². The summed E-state index contributed by atoms with van der Waals surface area (Å²) in [5.74, 6) is -0.505. The van der Waals surface area contributed by atoms with Crippen LogP contribution in [0.25, 0.3) is 11.4 Å². The Kier molecular flexibility index (Phi) is 5.04. The maximum absolute atomic E-state index is 12.9. The van der Waals surface area contributed by atoms with Crippen molar-refractivity contribution in [2.75, 3.05) is 5.73 Å². The fraction of sp³-hybridized carbons (Fsp3) is 0.300. The third-order valence-electron chi connectivity index (χ3n) is 3.96. The maximum Gasteiger partial charge on any atom is 0.357 e. The second-order valence-electron chi connectivity index (χ2n) is 7.48. The zero-order chi connectivity index (χ0) is 20.5. The molecular weight excluding hydrogens is 358 g/mol. The molecule has 0 unspecified atom stereocenters. The van der Waals surface area contributed by atoms with Gasteiger partial charge >= 0.3 is 5.97 Å². The molecule has 0 radical (unpaired) electrons. The molecule has 0 fully saturated rings. The molecule has 0 bridgehead atoms. The van der Waals surface area contributed by atoms with E-state index in [1.54, 1.807) is 27.8 Å². The van der Waals surface area contributed by atoms with Crippen molar-refractivity contribution in [1.82, 2.24) is 19.7 Å². The van der Waals surface area contributed by atoms with Gasteiger partial charge in [-0.25, -0.2) is 9.78 Å². The summed E-state index contributed by atoms with van der Waals surface area (Å²) in [6.45, 7) is 5.41. The largest absolute Gasteiger partial charge is 0.455 e. The molecular formula is C20H23N5O3. The van der Waals surface area contributed by atoms with E-state index in [0.29, 0.717) is 29.1 Å². The molecule has 0 amide bonds. The van der Waals surface area contributed by atoms with E-state index in [9.17, 15) is 9.59 Å². The van der Waals surface area contributed by atoms with Crippen molar-refractivity contribution < 1.29 is 9.53 Å². The van der Waals surface area contributed by atoms with Gasteiger partial charge in [0, 0.05) is 25.1 Å². The standard InChI is InChI=1S/C20H23N5O3/c1-20(2,3)28-18(27)17-13(10-12-8-6-5-7-9-12)16(24-25(17)4)14-11-15(26)23-19(21)22-14/h5-9,11H,10H2,1-4H3,(H3,21,22,23,26). The minimum Gasteiger partial charge on any atom is -0.455 e. The number of carbonyl (C=O) groups is 1. The van der Waals surface area contributed by atoms with Gasteiger partial charge in [0.2, 0.25) is 5.95 Å². The number of carbonyl (C=O) groups excluding carboxylic acids is 1. The number of aromatic nitrogens is 4. The average molecular weight is 381 g/mol. The van der Waals surface area contributed by atoms with Crippen LogP contribution in [0.4, 0.5) is 5.95 Å². The van der Waals surface area contributed by atoms with Crippen molar-refractivity contribution in [3.8, 4) is 11.4 Å². The Morgan fingerprint density at radius 2 is 1.93 bits per heavy atom. The minimum absolute atomic E-state index is 0.0161. The highest BCUT2D eigenvalue weighted by Gasteiger charge is 2.28. The number of nitrogens with zero attached hydrogens (tertiary/aromatic N) is 3. The number of hydrogen-bond donors (Lipinski definition) is 2. The summed E-state index contributed by atoms with van der Waals surface area (Å²) in [7, 11) is 1.66. The van der Waals surface area contributed by atoms with Gasteiger partial charge in [0.15, 0.2) is 0 Å². The summed E-state index contributed by atoms with van der Waals surface area (Å²) in [5, 5.41) is 4.46. The smallest absolute Gasteiger partial charge is 0.357 e. The van der Waals surface area contributed by atoms with Crippen molar-refractivity contribution in [3.63, 3.8) is 0 Å². The number of rotatable bonds is 4. The monoisotopic (exact) mass is 381 g/mol. The molecule has 2 heterocycles. The molecule has 3 aromatic rings. The number of ether oxygens (including phenoxy) is 1. The van der Waals surface area contributed by atoms with Gasteiger partial charge < -0.3 is 10.5 Å². The second kappa shape index (κ2) is 7.30. The number of nitrogen functional groups attached to an aromatic ring is 1. The molecule has 146 valence electrons. The van der Waals surface area contributed by atoms with Crippen LogP contribution in [0.15, 0.2) is 41.2 Å². The molecule has 3 rings (SSSR count). The number of esters is 1. The van der Waals surface area contributed by atoms with E-state index in [-0.39, 0.29) is 5.95 Å². The van der Waals surface area contributed by atoms with Crippen LogP contribution in [0.3, 0.4) is 0 Å². The lowest BCUT2D eigenvalue weighted by molar-refractivity contribution is 0.00565. The van der Waals surface area contributed by atoms with Crippen LogP contribution in [0, 0.1) is 0 Å². The lowest BCUT2D eigenvalue weighted by Gasteiger charge is -2.20. The maximum atomic E-state index is 12.9. The number of aryl methyl sites for hydroxylation is 1. The number of H-pyrrole nitrogens is 1. The number of anilines is 1. The molecule has 28 heavy (non-hydrogen) atoms. The van der Waals surface area contributed by atoms with Crippen LogP contribution >= 0.6 is 0 Å². The molecule has 8 nitrogen and oxygen atoms in total. The fourth-order valence-electron chi connectivity index (χ4n) is 2.92. The number of hydrogen-bond acceptors (Lipinski definition) is 6. The van der Waals surface area contributed by atoms with E-state index in [0.717, 1.165) is 5.56 Å². The number of nitrogens with one attached hydrogen (secondary N) is 1. The Morgan fingerprint density at radius 3 is 2.54 bits per heavy atom. The van der Waals surface area contributed by atoms with Crippen molar-refractivity contribution >= 4 is 11.9 Å². The average Bonchev–Trinajstić information content (AvgIpc) is 2.89. The first-order chi connectivity index (χ1) is 13.1. The van der Waals surface area contributed by atoms with Gasteiger partial charge in [0.25, 0.3) is 5.56 Å². The van der Waals surface area contributed by atoms with Gasteiger partial charge in [-0.2, -0.15) is 5.10 Å². The van der Waals surface area contributed by atoms with E-state index < -0.39 is 17.1 Å². The topological polar surface area (TPSA) is 116 Å². The summed E-state index contributed by atoms with van der Waals surface area (Å²) < 4.78 is 7.03. The Hall–Kier alpha value is -3.42. The second-order valence-corrected chi connectivity index (χ2v) is 7.48. The third-order valence-corrected chi connectivity index (χ3v) is 3.96. The van der Waals surface area contributed by atoms with Crippen LogP contribution in [-0.2, 0) is 18.2 Å². The van der Waals surface area contributed by atoms with Gasteiger partial charge in [0.1, 0.15) is 22.7 Å². The normalized spacial score (nSPS) is 11.4. The van der Waals surface area contributed by atoms with Gasteiger partial charge in [-0.3, -0.25) is 14.5 Å². The molecule has 3 N–H and O–H groups in total. The van der Waals surface area contributed by atoms with E-state index >= 15 is 0 Å². The van der Waals surface area contributed by atoms with Crippen LogP contribution in [0.2, 0.25) is 0 Å². The van der Waals surface area contributed by atoms with Crippen LogP contribution in [0.1, 0.15) is 42.4 Å². The third kappa shape index (κ3) is 4.28. The number of benzene rings is 1. The molecule has 0 saturated heterocycles. The molecule has 0 aliphatic carbocycles. The van der Waals surface area contributed by atoms with Crippen LogP contribution < -0.4 is 11.3 Å². The summed E-state index contributed by atoms with van der Waals surface area (Å²) in [6, 6.07) is 11.0. The summed E-state index contributed by atoms with van der Waals surface area (Å²) >= 11 is 0. The van der Waals surface area contributed by atoms with Gasteiger partial charge in [0.05, 0.1) is 0 Å². The van der Waals surface area contributed by atoms with E-state index in [1.807, 2.05) is 30.3 Å². The predicted molar refractivity (Wildman–Crippen MR) is 106 cm³/mol. The Bertz CT molecular complexity index is 1060. The van der Waals surface area contributed by atoms with Gasteiger partial charge in [-0.15, -0.1) is 0 Å². The Morgan fingerprint density at radius 1 is 1.25 bits per heavy atom. The zero-order valence-electron chi connectivity index (χ0n) is 16.3.